The van der Waals surface area contributed by atoms with Crippen molar-refractivity contribution in [3.63, 3.8) is 0 Å². The standard InChI is InChI=1S/C13H17NO2/c1-9(15)3-5-11-7-10-4-6-12(16-2)8-13(10)14-11/h4,6-9,14-15H,3,5H2,1-2H3/t9-/m0/s1. The van der Waals surface area contributed by atoms with Crippen LogP contribution in [0.25, 0.3) is 10.9 Å². The van der Waals surface area contributed by atoms with E-state index in [4.69, 9.17) is 4.74 Å². The van der Waals surface area contributed by atoms with Crippen LogP contribution in [0.5, 0.6) is 5.75 Å². The van der Waals surface area contributed by atoms with E-state index in [0.29, 0.717) is 0 Å². The average Bonchev–Trinajstić information content (AvgIpc) is 2.67. The van der Waals surface area contributed by atoms with Crippen LogP contribution in [0.2, 0.25) is 0 Å². The van der Waals surface area contributed by atoms with Gasteiger partial charge in [0.25, 0.3) is 0 Å². The lowest BCUT2D eigenvalue weighted by atomic mass is 10.1. The number of rotatable bonds is 4. The maximum absolute atomic E-state index is 9.24. The van der Waals surface area contributed by atoms with Crippen LogP contribution < -0.4 is 4.74 Å². The fourth-order valence-corrected chi connectivity index (χ4v) is 1.79. The largest absolute Gasteiger partial charge is 0.497 e. The van der Waals surface area contributed by atoms with Crippen molar-refractivity contribution in [1.29, 1.82) is 0 Å². The summed E-state index contributed by atoms with van der Waals surface area (Å²) >= 11 is 0. The first-order chi connectivity index (χ1) is 7.69. The van der Waals surface area contributed by atoms with Crippen molar-refractivity contribution in [3.05, 3.63) is 30.0 Å². The molecule has 0 saturated heterocycles. The van der Waals surface area contributed by atoms with Crippen molar-refractivity contribution in [2.75, 3.05) is 7.11 Å². The number of aromatic nitrogens is 1. The lowest BCUT2D eigenvalue weighted by Gasteiger charge is -2.00. The highest BCUT2D eigenvalue weighted by Crippen LogP contribution is 2.21. The Hall–Kier alpha value is -1.48. The highest BCUT2D eigenvalue weighted by molar-refractivity contribution is 5.81. The van der Waals surface area contributed by atoms with Crippen molar-refractivity contribution in [2.45, 2.75) is 25.9 Å². The van der Waals surface area contributed by atoms with E-state index in [9.17, 15) is 5.11 Å². The maximum Gasteiger partial charge on any atom is 0.120 e. The molecule has 0 radical (unpaired) electrons. The number of H-pyrrole nitrogens is 1. The van der Waals surface area contributed by atoms with Crippen LogP contribution in [0.1, 0.15) is 19.0 Å². The molecule has 1 aromatic heterocycles. The number of benzene rings is 1. The van der Waals surface area contributed by atoms with Crippen molar-refractivity contribution in [3.8, 4) is 5.75 Å². The van der Waals surface area contributed by atoms with Crippen molar-refractivity contribution >= 4 is 10.9 Å². The summed E-state index contributed by atoms with van der Waals surface area (Å²) in [7, 11) is 1.67. The van der Waals surface area contributed by atoms with Gasteiger partial charge >= 0.3 is 0 Å². The minimum absolute atomic E-state index is 0.249. The summed E-state index contributed by atoms with van der Waals surface area (Å²) in [5.41, 5.74) is 2.24. The third-order valence-corrected chi connectivity index (χ3v) is 2.72. The summed E-state index contributed by atoms with van der Waals surface area (Å²) in [5, 5.41) is 10.4. The normalized spacial score (nSPS) is 12.9. The fourth-order valence-electron chi connectivity index (χ4n) is 1.79. The Bertz CT molecular complexity index is 474. The number of nitrogens with one attached hydrogen (secondary N) is 1. The van der Waals surface area contributed by atoms with Gasteiger partial charge in [0.1, 0.15) is 5.75 Å². The summed E-state index contributed by atoms with van der Waals surface area (Å²) < 4.78 is 5.17. The molecule has 0 amide bonds. The van der Waals surface area contributed by atoms with E-state index in [0.717, 1.165) is 29.8 Å². The van der Waals surface area contributed by atoms with Gasteiger partial charge < -0.3 is 14.8 Å². The highest BCUT2D eigenvalue weighted by Gasteiger charge is 2.03. The van der Waals surface area contributed by atoms with Gasteiger partial charge in [0.15, 0.2) is 0 Å². The van der Waals surface area contributed by atoms with Gasteiger partial charge in [-0.2, -0.15) is 0 Å². The Balaban J connectivity index is 2.22. The van der Waals surface area contributed by atoms with Gasteiger partial charge in [0, 0.05) is 17.3 Å². The number of aliphatic hydroxyl groups is 1. The van der Waals surface area contributed by atoms with Gasteiger partial charge in [-0.05, 0) is 43.4 Å². The molecule has 3 heteroatoms. The first-order valence-electron chi connectivity index (χ1n) is 5.53. The molecule has 0 aliphatic carbocycles. The lowest BCUT2D eigenvalue weighted by molar-refractivity contribution is 0.184. The van der Waals surface area contributed by atoms with Crippen LogP contribution in [0.4, 0.5) is 0 Å². The second-order valence-electron chi connectivity index (χ2n) is 4.14. The van der Waals surface area contributed by atoms with E-state index in [1.165, 1.54) is 5.39 Å². The zero-order chi connectivity index (χ0) is 11.5. The second-order valence-corrected chi connectivity index (χ2v) is 4.14. The number of ether oxygens (including phenoxy) is 1. The summed E-state index contributed by atoms with van der Waals surface area (Å²) in [6, 6.07) is 8.10. The predicted octanol–water partition coefficient (Wildman–Crippen LogP) is 2.49. The molecule has 2 rings (SSSR count). The zero-order valence-corrected chi connectivity index (χ0v) is 9.66. The molecule has 0 unspecified atom stereocenters. The smallest absolute Gasteiger partial charge is 0.120 e. The molecule has 0 fully saturated rings. The van der Waals surface area contributed by atoms with E-state index in [1.54, 1.807) is 7.11 Å². The number of fused-ring (bicyclic) bond motifs is 1. The Kier molecular flexibility index (Phi) is 3.15. The molecule has 86 valence electrons. The van der Waals surface area contributed by atoms with Crippen LogP contribution >= 0.6 is 0 Å². The van der Waals surface area contributed by atoms with Gasteiger partial charge in [0.05, 0.1) is 13.2 Å². The number of methoxy groups -OCH3 is 1. The monoisotopic (exact) mass is 219 g/mol. The predicted molar refractivity (Wildman–Crippen MR) is 64.9 cm³/mol. The van der Waals surface area contributed by atoms with Crippen molar-refractivity contribution < 1.29 is 9.84 Å². The molecule has 2 aromatic rings. The molecule has 0 spiro atoms. The third-order valence-electron chi connectivity index (χ3n) is 2.72. The number of hydrogen-bond donors (Lipinski definition) is 2. The Morgan fingerprint density at radius 1 is 1.38 bits per heavy atom. The maximum atomic E-state index is 9.24. The average molecular weight is 219 g/mol. The van der Waals surface area contributed by atoms with Crippen LogP contribution in [0.3, 0.4) is 0 Å². The summed E-state index contributed by atoms with van der Waals surface area (Å²) in [6.45, 7) is 1.81. The Morgan fingerprint density at radius 3 is 2.88 bits per heavy atom. The summed E-state index contributed by atoms with van der Waals surface area (Å²) in [5.74, 6) is 0.858. The molecule has 16 heavy (non-hydrogen) atoms. The van der Waals surface area contributed by atoms with Crippen LogP contribution in [-0.2, 0) is 6.42 Å². The van der Waals surface area contributed by atoms with Crippen LogP contribution in [0.15, 0.2) is 24.3 Å². The van der Waals surface area contributed by atoms with Gasteiger partial charge in [-0.1, -0.05) is 0 Å². The molecule has 1 aromatic carbocycles. The molecule has 0 bridgehead atoms. The lowest BCUT2D eigenvalue weighted by Crippen LogP contribution is -2.01. The first kappa shape index (κ1) is 11.0. The number of aromatic amines is 1. The second kappa shape index (κ2) is 4.58. The van der Waals surface area contributed by atoms with E-state index >= 15 is 0 Å². The van der Waals surface area contributed by atoms with Crippen molar-refractivity contribution in [1.82, 2.24) is 4.98 Å². The number of hydrogen-bond acceptors (Lipinski definition) is 2. The van der Waals surface area contributed by atoms with Gasteiger partial charge in [0.2, 0.25) is 0 Å². The molecule has 0 aliphatic rings. The van der Waals surface area contributed by atoms with E-state index in [-0.39, 0.29) is 6.10 Å². The first-order valence-corrected chi connectivity index (χ1v) is 5.53. The molecule has 1 atom stereocenters. The quantitative estimate of drug-likeness (QED) is 0.829. The molecule has 0 aliphatic heterocycles. The Labute approximate surface area is 95.1 Å². The summed E-state index contributed by atoms with van der Waals surface area (Å²) in [4.78, 5) is 3.33. The molecular weight excluding hydrogens is 202 g/mol. The highest BCUT2D eigenvalue weighted by atomic mass is 16.5. The molecular formula is C13H17NO2. The van der Waals surface area contributed by atoms with Crippen LogP contribution in [-0.4, -0.2) is 23.3 Å². The molecule has 1 heterocycles. The van der Waals surface area contributed by atoms with Crippen LogP contribution in [0, 0.1) is 0 Å². The van der Waals surface area contributed by atoms with Gasteiger partial charge in [-0.3, -0.25) is 0 Å². The zero-order valence-electron chi connectivity index (χ0n) is 9.66. The molecule has 2 N–H and O–H groups in total. The minimum atomic E-state index is -0.249. The third kappa shape index (κ3) is 2.36. The fraction of sp³-hybridized carbons (Fsp3) is 0.385. The van der Waals surface area contributed by atoms with Gasteiger partial charge in [-0.15, -0.1) is 0 Å². The van der Waals surface area contributed by atoms with E-state index in [1.807, 2.05) is 25.1 Å². The van der Waals surface area contributed by atoms with Crippen molar-refractivity contribution in [2.24, 2.45) is 0 Å². The Morgan fingerprint density at radius 2 is 2.19 bits per heavy atom. The molecule has 3 nitrogen and oxygen atoms in total. The SMILES string of the molecule is COc1ccc2cc(CC[C@H](C)O)[nH]c2c1. The van der Waals surface area contributed by atoms with E-state index in [2.05, 4.69) is 11.1 Å². The van der Waals surface area contributed by atoms with E-state index < -0.39 is 0 Å². The summed E-state index contributed by atoms with van der Waals surface area (Å²) in [6.07, 6.45) is 1.40. The topological polar surface area (TPSA) is 45.2 Å². The van der Waals surface area contributed by atoms with Gasteiger partial charge in [-0.25, -0.2) is 0 Å². The minimum Gasteiger partial charge on any atom is -0.497 e. The number of aryl methyl sites for hydroxylation is 1. The number of aliphatic hydroxyl groups excluding tert-OH is 1. The molecule has 0 saturated carbocycles.